The number of hydrogen-bond acceptors (Lipinski definition) is 3. The molecule has 0 aliphatic carbocycles. The van der Waals surface area contributed by atoms with Gasteiger partial charge in [-0.05, 0) is 50.9 Å². The van der Waals surface area contributed by atoms with Gasteiger partial charge in [0.1, 0.15) is 0 Å². The first-order valence-electron chi connectivity index (χ1n) is 7.88. The van der Waals surface area contributed by atoms with Gasteiger partial charge in [0.05, 0.1) is 21.4 Å². The van der Waals surface area contributed by atoms with Crippen LogP contribution in [0, 0.1) is 0 Å². The van der Waals surface area contributed by atoms with Crippen LogP contribution < -0.4 is 10.6 Å². The van der Waals surface area contributed by atoms with Crippen molar-refractivity contribution in [3.63, 3.8) is 0 Å². The molecule has 2 aliphatic rings. The van der Waals surface area contributed by atoms with E-state index in [0.717, 1.165) is 30.5 Å². The Morgan fingerprint density at radius 1 is 0.905 bits per heavy atom. The SMILES string of the molecule is Nc1cc(Cl)c(Cl)cc1N1CCC(N2CCCCC2)CC1. The quantitative estimate of drug-likeness (QED) is 0.832. The molecule has 1 aromatic carbocycles. The molecule has 2 aliphatic heterocycles. The van der Waals surface area contributed by atoms with Gasteiger partial charge in [0, 0.05) is 19.1 Å². The lowest BCUT2D eigenvalue weighted by atomic mass is 9.99. The summed E-state index contributed by atoms with van der Waals surface area (Å²) in [5.74, 6) is 0. The van der Waals surface area contributed by atoms with Crippen LogP contribution >= 0.6 is 23.2 Å². The Labute approximate surface area is 137 Å². The van der Waals surface area contributed by atoms with E-state index in [1.165, 1.54) is 45.2 Å². The van der Waals surface area contributed by atoms with Gasteiger partial charge in [0.2, 0.25) is 0 Å². The van der Waals surface area contributed by atoms with E-state index >= 15 is 0 Å². The van der Waals surface area contributed by atoms with Crippen LogP contribution in [0.4, 0.5) is 11.4 Å². The highest BCUT2D eigenvalue weighted by Gasteiger charge is 2.26. The molecule has 2 fully saturated rings. The highest BCUT2D eigenvalue weighted by atomic mass is 35.5. The van der Waals surface area contributed by atoms with Gasteiger partial charge in [0.25, 0.3) is 0 Å². The van der Waals surface area contributed by atoms with E-state index in [1.54, 1.807) is 6.07 Å². The fourth-order valence-electron chi connectivity index (χ4n) is 3.58. The molecule has 3 nitrogen and oxygen atoms in total. The molecule has 2 saturated heterocycles. The molecule has 0 atom stereocenters. The van der Waals surface area contributed by atoms with Gasteiger partial charge >= 0.3 is 0 Å². The van der Waals surface area contributed by atoms with Gasteiger partial charge in [-0.25, -0.2) is 0 Å². The maximum absolute atomic E-state index is 6.13. The normalized spacial score (nSPS) is 21.7. The molecular weight excluding hydrogens is 305 g/mol. The fraction of sp³-hybridized carbons (Fsp3) is 0.625. The first-order chi connectivity index (χ1) is 10.1. The minimum absolute atomic E-state index is 0.529. The molecule has 2 heterocycles. The van der Waals surface area contributed by atoms with Crippen molar-refractivity contribution in [1.82, 2.24) is 4.90 Å². The number of piperidine rings is 2. The maximum atomic E-state index is 6.13. The van der Waals surface area contributed by atoms with Crippen LogP contribution in [0.25, 0.3) is 0 Å². The Morgan fingerprint density at radius 2 is 1.52 bits per heavy atom. The Bertz CT molecular complexity index is 493. The van der Waals surface area contributed by atoms with Crippen molar-refractivity contribution >= 4 is 34.6 Å². The smallest absolute Gasteiger partial charge is 0.0615 e. The lowest BCUT2D eigenvalue weighted by Gasteiger charge is -2.41. The molecule has 116 valence electrons. The van der Waals surface area contributed by atoms with Crippen molar-refractivity contribution in [1.29, 1.82) is 0 Å². The van der Waals surface area contributed by atoms with Gasteiger partial charge in [0.15, 0.2) is 0 Å². The van der Waals surface area contributed by atoms with Crippen molar-refractivity contribution in [3.8, 4) is 0 Å². The zero-order chi connectivity index (χ0) is 14.8. The van der Waals surface area contributed by atoms with Crippen LogP contribution in [0.5, 0.6) is 0 Å². The van der Waals surface area contributed by atoms with Crippen molar-refractivity contribution in [2.75, 3.05) is 36.8 Å². The number of likely N-dealkylation sites (tertiary alicyclic amines) is 1. The summed E-state index contributed by atoms with van der Waals surface area (Å²) < 4.78 is 0. The second-order valence-electron chi connectivity index (χ2n) is 6.14. The summed E-state index contributed by atoms with van der Waals surface area (Å²) in [5, 5.41) is 1.11. The number of benzene rings is 1. The Hall–Kier alpha value is -0.640. The number of halogens is 2. The average Bonchev–Trinajstić information content (AvgIpc) is 2.52. The van der Waals surface area contributed by atoms with Crippen molar-refractivity contribution in [3.05, 3.63) is 22.2 Å². The molecule has 0 bridgehead atoms. The maximum Gasteiger partial charge on any atom is 0.0615 e. The second kappa shape index (κ2) is 6.64. The predicted molar refractivity (Wildman–Crippen MR) is 91.5 cm³/mol. The van der Waals surface area contributed by atoms with Crippen LogP contribution in [0.3, 0.4) is 0 Å². The number of hydrogen-bond donors (Lipinski definition) is 1. The minimum Gasteiger partial charge on any atom is -0.397 e. The molecular formula is C16H23Cl2N3. The Morgan fingerprint density at radius 3 is 2.19 bits per heavy atom. The molecule has 5 heteroatoms. The topological polar surface area (TPSA) is 32.5 Å². The summed E-state index contributed by atoms with van der Waals surface area (Å²) in [6, 6.07) is 4.40. The molecule has 21 heavy (non-hydrogen) atoms. The average molecular weight is 328 g/mol. The predicted octanol–water partition coefficient (Wildman–Crippen LogP) is 4.03. The van der Waals surface area contributed by atoms with E-state index in [4.69, 9.17) is 28.9 Å². The number of nitrogens with zero attached hydrogens (tertiary/aromatic N) is 2. The van der Waals surface area contributed by atoms with E-state index in [1.807, 2.05) is 6.07 Å². The highest BCUT2D eigenvalue weighted by molar-refractivity contribution is 6.42. The molecule has 0 unspecified atom stereocenters. The highest BCUT2D eigenvalue weighted by Crippen LogP contribution is 2.35. The van der Waals surface area contributed by atoms with Crippen molar-refractivity contribution < 1.29 is 0 Å². The molecule has 2 N–H and O–H groups in total. The monoisotopic (exact) mass is 327 g/mol. The van der Waals surface area contributed by atoms with Crippen LogP contribution in [0.15, 0.2) is 12.1 Å². The molecule has 3 rings (SSSR count). The van der Waals surface area contributed by atoms with Gasteiger partial charge in [-0.15, -0.1) is 0 Å². The molecule has 0 radical (unpaired) electrons. The van der Waals surface area contributed by atoms with Crippen molar-refractivity contribution in [2.24, 2.45) is 0 Å². The molecule has 0 spiro atoms. The first-order valence-corrected chi connectivity index (χ1v) is 8.64. The Kier molecular flexibility index (Phi) is 4.82. The van der Waals surface area contributed by atoms with Crippen LogP contribution in [-0.2, 0) is 0 Å². The lowest BCUT2D eigenvalue weighted by Crippen LogP contribution is -2.46. The third kappa shape index (κ3) is 3.41. The summed E-state index contributed by atoms with van der Waals surface area (Å²) in [6.07, 6.45) is 6.54. The third-order valence-corrected chi connectivity index (χ3v) is 5.50. The van der Waals surface area contributed by atoms with Crippen molar-refractivity contribution in [2.45, 2.75) is 38.1 Å². The van der Waals surface area contributed by atoms with Crippen LogP contribution in [-0.4, -0.2) is 37.1 Å². The first kappa shape index (κ1) is 15.3. The number of nitrogen functional groups attached to an aromatic ring is 1. The summed E-state index contributed by atoms with van der Waals surface area (Å²) in [4.78, 5) is 5.02. The largest absolute Gasteiger partial charge is 0.397 e. The summed E-state index contributed by atoms with van der Waals surface area (Å²) in [6.45, 7) is 4.64. The molecule has 0 saturated carbocycles. The van der Waals surface area contributed by atoms with E-state index in [2.05, 4.69) is 9.80 Å². The Balaban J connectivity index is 1.64. The second-order valence-corrected chi connectivity index (χ2v) is 6.95. The van der Waals surface area contributed by atoms with E-state index < -0.39 is 0 Å². The standard InChI is InChI=1S/C16H23Cl2N3/c17-13-10-15(19)16(11-14(13)18)21-8-4-12(5-9-21)20-6-2-1-3-7-20/h10-12H,1-9,19H2. The van der Waals surface area contributed by atoms with Gasteiger partial charge in [-0.1, -0.05) is 29.6 Å². The summed E-state index contributed by atoms with van der Waals surface area (Å²) in [5.41, 5.74) is 7.86. The minimum atomic E-state index is 0.529. The zero-order valence-electron chi connectivity index (χ0n) is 12.3. The van der Waals surface area contributed by atoms with E-state index in [0.29, 0.717) is 10.0 Å². The van der Waals surface area contributed by atoms with Crippen LogP contribution in [0.2, 0.25) is 10.0 Å². The number of anilines is 2. The molecule has 0 amide bonds. The van der Waals surface area contributed by atoms with E-state index in [9.17, 15) is 0 Å². The summed E-state index contributed by atoms with van der Waals surface area (Å²) in [7, 11) is 0. The fourth-order valence-corrected chi connectivity index (χ4v) is 3.91. The zero-order valence-corrected chi connectivity index (χ0v) is 13.8. The van der Waals surface area contributed by atoms with Gasteiger partial charge in [-0.2, -0.15) is 0 Å². The number of nitrogens with two attached hydrogens (primary N) is 1. The molecule has 1 aromatic rings. The van der Waals surface area contributed by atoms with Gasteiger partial charge in [-0.3, -0.25) is 0 Å². The van der Waals surface area contributed by atoms with Gasteiger partial charge < -0.3 is 15.5 Å². The summed E-state index contributed by atoms with van der Waals surface area (Å²) >= 11 is 12.1. The lowest BCUT2D eigenvalue weighted by molar-refractivity contribution is 0.141. The molecule has 0 aromatic heterocycles. The third-order valence-electron chi connectivity index (χ3n) is 4.78. The van der Waals surface area contributed by atoms with E-state index in [-0.39, 0.29) is 0 Å². The number of rotatable bonds is 2. The van der Waals surface area contributed by atoms with Crippen LogP contribution in [0.1, 0.15) is 32.1 Å².